The van der Waals surface area contributed by atoms with Gasteiger partial charge in [0, 0.05) is 22.2 Å². The summed E-state index contributed by atoms with van der Waals surface area (Å²) in [4.78, 5) is 16.5. The Bertz CT molecular complexity index is 1030. The third-order valence-electron chi connectivity index (χ3n) is 3.31. The number of carbonyl (C=O) groups is 1. The van der Waals surface area contributed by atoms with Crippen LogP contribution in [0.25, 0.3) is 11.3 Å². The van der Waals surface area contributed by atoms with Crippen LogP contribution in [0.2, 0.25) is 0 Å². The van der Waals surface area contributed by atoms with Crippen molar-refractivity contribution in [2.24, 2.45) is 0 Å². The van der Waals surface area contributed by atoms with Crippen molar-refractivity contribution in [3.63, 3.8) is 0 Å². The van der Waals surface area contributed by atoms with Gasteiger partial charge in [-0.25, -0.2) is 17.8 Å². The number of amides is 1. The van der Waals surface area contributed by atoms with Crippen LogP contribution < -0.4 is 10.0 Å². The number of thiazole rings is 1. The Labute approximate surface area is 153 Å². The monoisotopic (exact) mass is 391 g/mol. The normalized spacial score (nSPS) is 11.2. The zero-order chi connectivity index (χ0) is 18.7. The predicted molar refractivity (Wildman–Crippen MR) is 100 cm³/mol. The summed E-state index contributed by atoms with van der Waals surface area (Å²) in [7, 11) is -3.33. The molecule has 0 unspecified atom stereocenters. The van der Waals surface area contributed by atoms with E-state index in [1.54, 1.807) is 29.6 Å². The number of hydrogen-bond acceptors (Lipinski definition) is 5. The Morgan fingerprint density at radius 3 is 2.35 bits per heavy atom. The number of benzene rings is 2. The molecule has 26 heavy (non-hydrogen) atoms. The molecule has 0 aliphatic heterocycles. The van der Waals surface area contributed by atoms with Crippen molar-refractivity contribution in [2.75, 3.05) is 16.3 Å². The molecule has 0 radical (unpaired) electrons. The van der Waals surface area contributed by atoms with Crippen LogP contribution in [-0.4, -0.2) is 25.6 Å². The van der Waals surface area contributed by atoms with E-state index < -0.39 is 15.8 Å². The smallest absolute Gasteiger partial charge is 0.257 e. The van der Waals surface area contributed by atoms with Crippen LogP contribution in [-0.2, 0) is 10.0 Å². The highest BCUT2D eigenvalue weighted by atomic mass is 32.2. The maximum atomic E-state index is 12.9. The fraction of sp³-hybridized carbons (Fsp3) is 0.0588. The fourth-order valence-electron chi connectivity index (χ4n) is 2.16. The van der Waals surface area contributed by atoms with Gasteiger partial charge in [0.25, 0.3) is 5.91 Å². The van der Waals surface area contributed by atoms with Gasteiger partial charge >= 0.3 is 0 Å². The maximum absolute atomic E-state index is 12.9. The van der Waals surface area contributed by atoms with Gasteiger partial charge in [0.2, 0.25) is 10.0 Å². The van der Waals surface area contributed by atoms with E-state index >= 15 is 0 Å². The molecule has 0 bridgehead atoms. The summed E-state index contributed by atoms with van der Waals surface area (Å²) in [5.74, 6) is -0.787. The molecular formula is C17H14FN3O3S2. The van der Waals surface area contributed by atoms with E-state index in [9.17, 15) is 17.6 Å². The summed E-state index contributed by atoms with van der Waals surface area (Å²) in [5.41, 5.74) is 2.22. The zero-order valence-corrected chi connectivity index (χ0v) is 15.2. The highest BCUT2D eigenvalue weighted by molar-refractivity contribution is 7.92. The predicted octanol–water partition coefficient (Wildman–Crippen LogP) is 3.57. The summed E-state index contributed by atoms with van der Waals surface area (Å²) in [6, 6.07) is 11.9. The summed E-state index contributed by atoms with van der Waals surface area (Å²) in [6.07, 6.45) is 1.08. The van der Waals surface area contributed by atoms with Crippen LogP contribution in [0.3, 0.4) is 0 Å². The molecule has 2 N–H and O–H groups in total. The van der Waals surface area contributed by atoms with Crippen molar-refractivity contribution >= 4 is 38.1 Å². The van der Waals surface area contributed by atoms with E-state index in [4.69, 9.17) is 0 Å². The molecule has 0 aliphatic carbocycles. The highest BCUT2D eigenvalue weighted by Crippen LogP contribution is 2.26. The first-order chi connectivity index (χ1) is 12.3. The second kappa shape index (κ2) is 7.22. The first kappa shape index (κ1) is 18.0. The van der Waals surface area contributed by atoms with Gasteiger partial charge in [-0.3, -0.25) is 14.8 Å². The first-order valence-electron chi connectivity index (χ1n) is 7.41. The summed E-state index contributed by atoms with van der Waals surface area (Å²) in [5, 5.41) is 4.85. The summed E-state index contributed by atoms with van der Waals surface area (Å²) >= 11 is 1.26. The number of hydrogen-bond donors (Lipinski definition) is 2. The van der Waals surface area contributed by atoms with Crippen molar-refractivity contribution in [1.29, 1.82) is 0 Å². The number of anilines is 2. The fourth-order valence-corrected chi connectivity index (χ4v) is 3.44. The van der Waals surface area contributed by atoms with Crippen LogP contribution in [0.15, 0.2) is 53.9 Å². The molecule has 1 amide bonds. The van der Waals surface area contributed by atoms with Gasteiger partial charge in [-0.05, 0) is 36.4 Å². The lowest BCUT2D eigenvalue weighted by Crippen LogP contribution is -2.11. The van der Waals surface area contributed by atoms with Gasteiger partial charge < -0.3 is 0 Å². The molecule has 0 fully saturated rings. The van der Waals surface area contributed by atoms with Gasteiger partial charge in [0.15, 0.2) is 5.13 Å². The molecule has 1 aromatic heterocycles. The van der Waals surface area contributed by atoms with Crippen molar-refractivity contribution < 1.29 is 17.6 Å². The van der Waals surface area contributed by atoms with E-state index in [0.29, 0.717) is 22.1 Å². The van der Waals surface area contributed by atoms with Crippen LogP contribution in [0, 0.1) is 5.82 Å². The number of nitrogens with zero attached hydrogens (tertiary/aromatic N) is 1. The Kier molecular flexibility index (Phi) is 5.01. The number of carbonyl (C=O) groups excluding carboxylic acids is 1. The third kappa shape index (κ3) is 4.64. The lowest BCUT2D eigenvalue weighted by atomic mass is 10.1. The van der Waals surface area contributed by atoms with Crippen LogP contribution in [0.4, 0.5) is 15.2 Å². The SMILES string of the molecule is CS(=O)(=O)Nc1ccc(-c2csc(NC(=O)c3ccc(F)cc3)n2)cc1. The average molecular weight is 391 g/mol. The van der Waals surface area contributed by atoms with Crippen molar-refractivity contribution in [1.82, 2.24) is 4.98 Å². The topological polar surface area (TPSA) is 88.2 Å². The Hall–Kier alpha value is -2.78. The molecule has 0 aliphatic rings. The average Bonchev–Trinajstić information content (AvgIpc) is 3.03. The number of nitrogens with one attached hydrogen (secondary N) is 2. The van der Waals surface area contributed by atoms with Crippen molar-refractivity contribution in [3.8, 4) is 11.3 Å². The van der Waals surface area contributed by atoms with Crippen molar-refractivity contribution in [2.45, 2.75) is 0 Å². The molecule has 2 aromatic carbocycles. The highest BCUT2D eigenvalue weighted by Gasteiger charge is 2.10. The maximum Gasteiger partial charge on any atom is 0.257 e. The molecule has 134 valence electrons. The molecule has 9 heteroatoms. The molecule has 6 nitrogen and oxygen atoms in total. The minimum atomic E-state index is -3.33. The number of aromatic nitrogens is 1. The number of sulfonamides is 1. The third-order valence-corrected chi connectivity index (χ3v) is 4.68. The molecule has 0 atom stereocenters. The van der Waals surface area contributed by atoms with Crippen LogP contribution in [0.5, 0.6) is 0 Å². The van der Waals surface area contributed by atoms with Crippen LogP contribution >= 0.6 is 11.3 Å². The standard InChI is InChI=1S/C17H14FN3O3S2/c1-26(23,24)21-14-8-4-11(5-9-14)15-10-25-17(19-15)20-16(22)12-2-6-13(18)7-3-12/h2-10,21H,1H3,(H,19,20,22). The minimum Gasteiger partial charge on any atom is -0.298 e. The largest absolute Gasteiger partial charge is 0.298 e. The second-order valence-electron chi connectivity index (χ2n) is 5.45. The van der Waals surface area contributed by atoms with Gasteiger partial charge in [0.05, 0.1) is 11.9 Å². The summed E-state index contributed by atoms with van der Waals surface area (Å²) < 4.78 is 37.7. The quantitative estimate of drug-likeness (QED) is 0.696. The molecule has 0 spiro atoms. The van der Waals surface area contributed by atoms with Gasteiger partial charge in [-0.15, -0.1) is 11.3 Å². The van der Waals surface area contributed by atoms with E-state index in [1.807, 2.05) is 0 Å². The van der Waals surface area contributed by atoms with Crippen molar-refractivity contribution in [3.05, 3.63) is 65.3 Å². The lowest BCUT2D eigenvalue weighted by Gasteiger charge is -2.04. The summed E-state index contributed by atoms with van der Waals surface area (Å²) in [6.45, 7) is 0. The zero-order valence-electron chi connectivity index (χ0n) is 13.6. The van der Waals surface area contributed by atoms with E-state index in [0.717, 1.165) is 11.8 Å². The van der Waals surface area contributed by atoms with Gasteiger partial charge in [-0.2, -0.15) is 0 Å². The molecular weight excluding hydrogens is 377 g/mol. The van der Waals surface area contributed by atoms with E-state index in [1.165, 1.54) is 35.6 Å². The molecule has 3 aromatic rings. The second-order valence-corrected chi connectivity index (χ2v) is 8.06. The Morgan fingerprint density at radius 1 is 1.08 bits per heavy atom. The molecule has 3 rings (SSSR count). The number of halogens is 1. The molecule has 0 saturated carbocycles. The first-order valence-corrected chi connectivity index (χ1v) is 10.2. The molecule has 1 heterocycles. The Morgan fingerprint density at radius 2 is 1.73 bits per heavy atom. The number of rotatable bonds is 5. The molecule has 0 saturated heterocycles. The van der Waals surface area contributed by atoms with E-state index in [2.05, 4.69) is 15.0 Å². The van der Waals surface area contributed by atoms with Gasteiger partial charge in [0.1, 0.15) is 5.82 Å². The lowest BCUT2D eigenvalue weighted by molar-refractivity contribution is 0.102. The van der Waals surface area contributed by atoms with Gasteiger partial charge in [-0.1, -0.05) is 12.1 Å². The minimum absolute atomic E-state index is 0.333. The Balaban J connectivity index is 1.71. The van der Waals surface area contributed by atoms with E-state index in [-0.39, 0.29) is 5.91 Å². The van der Waals surface area contributed by atoms with Crippen LogP contribution in [0.1, 0.15) is 10.4 Å².